The molecule has 0 amide bonds. The van der Waals surface area contributed by atoms with E-state index in [1.165, 1.54) is 0 Å². The summed E-state index contributed by atoms with van der Waals surface area (Å²) in [6.07, 6.45) is 0.161. The number of nitrogens with zero attached hydrogens (tertiary/aromatic N) is 2. The Morgan fingerprint density at radius 3 is 2.38 bits per heavy atom. The van der Waals surface area contributed by atoms with Crippen LogP contribution in [0, 0.1) is 0 Å². The number of benzene rings is 2. The Hall–Kier alpha value is -2.57. The number of hydrogen-bond acceptors (Lipinski definition) is 5. The molecule has 3 aromatic rings. The fraction of sp³-hybridized carbons (Fsp3) is 0.304. The van der Waals surface area contributed by atoms with Gasteiger partial charge in [-0.25, -0.2) is 4.98 Å². The number of hydrogen-bond donors (Lipinski definition) is 1. The molecule has 0 radical (unpaired) electrons. The van der Waals surface area contributed by atoms with Crippen LogP contribution < -0.4 is 0 Å². The van der Waals surface area contributed by atoms with E-state index in [0.717, 1.165) is 27.7 Å². The molecule has 2 atom stereocenters. The highest BCUT2D eigenvalue weighted by atomic mass is 32.2. The van der Waals surface area contributed by atoms with Crippen molar-refractivity contribution in [3.05, 3.63) is 60.7 Å². The van der Waals surface area contributed by atoms with Gasteiger partial charge in [-0.3, -0.25) is 4.79 Å². The first-order valence-electron chi connectivity index (χ1n) is 9.65. The third-order valence-electron chi connectivity index (χ3n) is 5.04. The molecule has 1 fully saturated rings. The number of aromatic nitrogens is 2. The minimum absolute atomic E-state index is 0.0485. The molecule has 29 heavy (non-hydrogen) atoms. The maximum Gasteiger partial charge on any atom is 0.309 e. The van der Waals surface area contributed by atoms with Gasteiger partial charge in [0.25, 0.3) is 0 Å². The molecule has 0 unspecified atom stereocenters. The van der Waals surface area contributed by atoms with Gasteiger partial charge in [0.2, 0.25) is 0 Å². The van der Waals surface area contributed by atoms with Crippen molar-refractivity contribution in [1.29, 1.82) is 0 Å². The van der Waals surface area contributed by atoms with Crippen molar-refractivity contribution in [2.75, 3.05) is 5.75 Å². The Kier molecular flexibility index (Phi) is 5.48. The van der Waals surface area contributed by atoms with Crippen LogP contribution in [0.3, 0.4) is 0 Å². The first-order valence-corrected chi connectivity index (χ1v) is 10.6. The number of cyclic esters (lactones) is 1. The molecule has 4 rings (SSSR count). The summed E-state index contributed by atoms with van der Waals surface area (Å²) in [4.78, 5) is 16.7. The van der Waals surface area contributed by atoms with Crippen LogP contribution in [0.5, 0.6) is 0 Å². The van der Waals surface area contributed by atoms with Gasteiger partial charge in [0, 0.05) is 30.3 Å². The van der Waals surface area contributed by atoms with E-state index in [1.54, 1.807) is 18.7 Å². The first-order chi connectivity index (χ1) is 13.9. The zero-order valence-corrected chi connectivity index (χ0v) is 17.4. The molecule has 1 aromatic heterocycles. The quantitative estimate of drug-likeness (QED) is 0.504. The van der Waals surface area contributed by atoms with Crippen molar-refractivity contribution in [1.82, 2.24) is 9.55 Å². The average Bonchev–Trinajstić information content (AvgIpc) is 3.02. The molecule has 1 N–H and O–H groups in total. The summed E-state index contributed by atoms with van der Waals surface area (Å²) >= 11 is 1.54. The Balaban J connectivity index is 1.65. The lowest BCUT2D eigenvalue weighted by Gasteiger charge is -2.32. The number of esters is 1. The molecule has 0 spiro atoms. The van der Waals surface area contributed by atoms with Crippen LogP contribution in [-0.4, -0.2) is 38.1 Å². The molecule has 0 saturated carbocycles. The normalized spacial score (nSPS) is 21.8. The van der Waals surface area contributed by atoms with E-state index >= 15 is 0 Å². The molecule has 2 heterocycles. The number of carbonyl (C=O) groups is 1. The first kappa shape index (κ1) is 19.7. The van der Waals surface area contributed by atoms with Crippen LogP contribution in [-0.2, 0) is 16.6 Å². The molecule has 2 aromatic carbocycles. The van der Waals surface area contributed by atoms with Gasteiger partial charge in [-0.15, -0.1) is 0 Å². The van der Waals surface area contributed by atoms with Crippen LogP contribution in [0.2, 0.25) is 0 Å². The number of thioether (sulfide) groups is 1. The van der Waals surface area contributed by atoms with E-state index in [-0.39, 0.29) is 18.5 Å². The average molecular weight is 409 g/mol. The highest BCUT2D eigenvalue weighted by Crippen LogP contribution is 2.36. The smallest absolute Gasteiger partial charge is 0.309 e. The van der Waals surface area contributed by atoms with Crippen LogP contribution in [0.25, 0.3) is 22.5 Å². The lowest BCUT2D eigenvalue weighted by Crippen LogP contribution is -2.42. The Morgan fingerprint density at radius 1 is 1.14 bits per heavy atom. The minimum atomic E-state index is -1.01. The monoisotopic (exact) mass is 408 g/mol. The van der Waals surface area contributed by atoms with Gasteiger partial charge in [0.15, 0.2) is 5.16 Å². The molecule has 1 aliphatic rings. The maximum atomic E-state index is 11.8. The second-order valence-corrected chi connectivity index (χ2v) is 8.67. The third kappa shape index (κ3) is 4.38. The number of ether oxygens (including phenoxy) is 1. The van der Waals surface area contributed by atoms with E-state index in [1.807, 2.05) is 43.4 Å². The molecule has 1 aliphatic heterocycles. The molecule has 1 saturated heterocycles. The zero-order chi connectivity index (χ0) is 20.4. The van der Waals surface area contributed by atoms with E-state index < -0.39 is 5.60 Å². The van der Waals surface area contributed by atoms with Gasteiger partial charge in [-0.2, -0.15) is 0 Å². The van der Waals surface area contributed by atoms with Crippen molar-refractivity contribution in [3.8, 4) is 22.5 Å². The topological polar surface area (TPSA) is 64.4 Å². The Morgan fingerprint density at radius 2 is 1.76 bits per heavy atom. The largest absolute Gasteiger partial charge is 0.461 e. The maximum absolute atomic E-state index is 11.8. The third-order valence-corrected chi connectivity index (χ3v) is 6.20. The summed E-state index contributed by atoms with van der Waals surface area (Å²) in [5, 5.41) is 11.1. The van der Waals surface area contributed by atoms with Crippen LogP contribution in [0.15, 0.2) is 65.8 Å². The highest BCUT2D eigenvalue weighted by molar-refractivity contribution is 7.99. The molecule has 150 valence electrons. The number of aliphatic hydroxyl groups is 1. The fourth-order valence-electron chi connectivity index (χ4n) is 3.73. The van der Waals surface area contributed by atoms with Gasteiger partial charge in [-0.05, 0) is 6.92 Å². The summed E-state index contributed by atoms with van der Waals surface area (Å²) < 4.78 is 7.52. The molecular weight excluding hydrogens is 384 g/mol. The molecule has 0 aliphatic carbocycles. The summed E-state index contributed by atoms with van der Waals surface area (Å²) in [6.45, 7) is 1.69. The van der Waals surface area contributed by atoms with Crippen LogP contribution in [0.1, 0.15) is 19.8 Å². The lowest BCUT2D eigenvalue weighted by atomic mass is 9.93. The van der Waals surface area contributed by atoms with Gasteiger partial charge < -0.3 is 14.4 Å². The summed E-state index contributed by atoms with van der Waals surface area (Å²) in [7, 11) is 2.01. The van der Waals surface area contributed by atoms with Gasteiger partial charge in [0.05, 0.1) is 23.4 Å². The molecule has 6 heteroatoms. The second kappa shape index (κ2) is 8.05. The van der Waals surface area contributed by atoms with Crippen molar-refractivity contribution >= 4 is 17.7 Å². The van der Waals surface area contributed by atoms with E-state index in [0.29, 0.717) is 12.2 Å². The van der Waals surface area contributed by atoms with E-state index in [2.05, 4.69) is 28.8 Å². The predicted octanol–water partition coefficient (Wildman–Crippen LogP) is 4.30. The van der Waals surface area contributed by atoms with E-state index in [4.69, 9.17) is 9.72 Å². The summed E-state index contributed by atoms with van der Waals surface area (Å²) in [5.41, 5.74) is 3.12. The van der Waals surface area contributed by atoms with Gasteiger partial charge in [-0.1, -0.05) is 72.4 Å². The minimum Gasteiger partial charge on any atom is -0.461 e. The SMILES string of the molecule is Cn1c(SC[C@@H]2C[C@](C)(O)CC(=O)O2)nc(-c2ccccc2)c1-c1ccccc1. The summed E-state index contributed by atoms with van der Waals surface area (Å²) in [6, 6.07) is 20.3. The Bertz CT molecular complexity index is 1000. The molecular formula is C23H24N2O3S. The van der Waals surface area contributed by atoms with Crippen LogP contribution >= 0.6 is 11.8 Å². The zero-order valence-electron chi connectivity index (χ0n) is 16.5. The Labute approximate surface area is 174 Å². The van der Waals surface area contributed by atoms with Crippen molar-refractivity contribution in [3.63, 3.8) is 0 Å². The predicted molar refractivity (Wildman–Crippen MR) is 115 cm³/mol. The standard InChI is InChI=1S/C23H24N2O3S/c1-23(27)13-18(28-19(26)14-23)15-29-22-24-20(16-9-5-3-6-10-16)21(25(22)2)17-11-7-4-8-12-17/h3-12,18,27H,13-15H2,1-2H3/t18-,23-/m0/s1. The van der Waals surface area contributed by atoms with Crippen molar-refractivity contribution in [2.45, 2.75) is 36.6 Å². The number of imidazole rings is 1. The lowest BCUT2D eigenvalue weighted by molar-refractivity contribution is -0.165. The second-order valence-electron chi connectivity index (χ2n) is 7.68. The van der Waals surface area contributed by atoms with Crippen LogP contribution in [0.4, 0.5) is 0 Å². The van der Waals surface area contributed by atoms with Gasteiger partial charge >= 0.3 is 5.97 Å². The van der Waals surface area contributed by atoms with Gasteiger partial charge in [0.1, 0.15) is 6.10 Å². The number of rotatable bonds is 5. The van der Waals surface area contributed by atoms with Crippen molar-refractivity contribution in [2.24, 2.45) is 7.05 Å². The van der Waals surface area contributed by atoms with Crippen molar-refractivity contribution < 1.29 is 14.6 Å². The molecule has 0 bridgehead atoms. The molecule has 5 nitrogen and oxygen atoms in total. The highest BCUT2D eigenvalue weighted by Gasteiger charge is 2.36. The van der Waals surface area contributed by atoms with E-state index in [9.17, 15) is 9.90 Å². The summed E-state index contributed by atoms with van der Waals surface area (Å²) in [5.74, 6) is 0.205. The number of carbonyl (C=O) groups excluding carboxylic acids is 1. The fourth-order valence-corrected chi connectivity index (χ4v) is 4.70.